The molecule has 0 unspecified atom stereocenters. The Hall–Kier alpha value is -11.5. The van der Waals surface area contributed by atoms with Crippen LogP contribution in [0, 0.1) is 0 Å². The highest BCUT2D eigenvalue weighted by atomic mass is 15.2. The minimum Gasteiger partial charge on any atom is -0.308 e. The van der Waals surface area contributed by atoms with E-state index in [4.69, 9.17) is 19.9 Å². The molecule has 16 rings (SSSR count). The maximum atomic E-state index is 5.41. The van der Waals surface area contributed by atoms with E-state index >= 15 is 0 Å². The van der Waals surface area contributed by atoms with Crippen LogP contribution in [0.2, 0.25) is 0 Å². The number of para-hydroxylation sites is 4. The first-order valence-corrected chi connectivity index (χ1v) is 38.8. The van der Waals surface area contributed by atoms with E-state index in [2.05, 4.69) is 386 Å². The molecule has 0 N–H and O–H groups in total. The van der Waals surface area contributed by atoms with Crippen molar-refractivity contribution in [2.75, 3.05) is 19.6 Å². The van der Waals surface area contributed by atoms with Crippen molar-refractivity contribution in [3.05, 3.63) is 300 Å². The molecule has 0 fully saturated rings. The minimum atomic E-state index is -0.0986. The van der Waals surface area contributed by atoms with Crippen LogP contribution in [-0.4, -0.2) is 19.9 Å². The predicted molar refractivity (Wildman–Crippen MR) is 462 cm³/mol. The summed E-state index contributed by atoms with van der Waals surface area (Å²) in [6, 6.07) is 86.7. The molecule has 12 aromatic carbocycles. The first-order chi connectivity index (χ1) is 51.9. The fourth-order valence-corrected chi connectivity index (χ4v) is 16.7. The van der Waals surface area contributed by atoms with Crippen molar-refractivity contribution in [1.82, 2.24) is 19.9 Å². The summed E-state index contributed by atoms with van der Waals surface area (Å²) in [5, 5.41) is 11.1. The van der Waals surface area contributed by atoms with Gasteiger partial charge in [-0.15, -0.1) is 0 Å². The highest BCUT2D eigenvalue weighted by Crippen LogP contribution is 2.57. The number of aryl methyl sites for hydroxylation is 4. The molecule has 8 nitrogen and oxygen atoms in total. The Morgan fingerprint density at radius 1 is 0.222 bits per heavy atom. The fourth-order valence-electron chi connectivity index (χ4n) is 16.7. The summed E-state index contributed by atoms with van der Waals surface area (Å²) < 4.78 is 0. The average molecular weight is 1410 g/mol. The van der Waals surface area contributed by atoms with Gasteiger partial charge in [-0.3, -0.25) is 19.9 Å². The van der Waals surface area contributed by atoms with Crippen molar-refractivity contribution < 1.29 is 0 Å². The lowest BCUT2D eigenvalue weighted by Gasteiger charge is -2.36. The lowest BCUT2D eigenvalue weighted by atomic mass is 9.86. The van der Waals surface area contributed by atoms with Crippen molar-refractivity contribution in [3.63, 3.8) is 0 Å². The van der Waals surface area contributed by atoms with Gasteiger partial charge in [-0.1, -0.05) is 256 Å². The van der Waals surface area contributed by atoms with Crippen LogP contribution in [0.3, 0.4) is 0 Å². The zero-order valence-electron chi connectivity index (χ0n) is 65.7. The molecule has 0 saturated carbocycles. The normalized spacial score (nSPS) is 12.4. The van der Waals surface area contributed by atoms with Gasteiger partial charge in [0.25, 0.3) is 0 Å². The molecule has 0 atom stereocenters. The number of benzene rings is 12. The summed E-state index contributed by atoms with van der Waals surface area (Å²) >= 11 is 0. The molecule has 16 aromatic rings. The molecule has 0 radical (unpaired) electrons. The molecule has 0 amide bonds. The molecule has 108 heavy (non-hydrogen) atoms. The fraction of sp³-hybridized carbons (Fsp3) is 0.240. The van der Waals surface area contributed by atoms with E-state index in [1.807, 2.05) is 0 Å². The maximum absolute atomic E-state index is 5.41. The van der Waals surface area contributed by atoms with E-state index in [0.717, 1.165) is 170 Å². The molecular weight excluding hydrogens is 1310 g/mol. The average Bonchev–Trinajstić information content (AvgIpc) is 0.695. The number of rotatable bonds is 16. The predicted octanol–water partition coefficient (Wildman–Crippen LogP) is 28.1. The van der Waals surface area contributed by atoms with Gasteiger partial charge in [0.05, 0.1) is 92.4 Å². The number of anilines is 12. The van der Waals surface area contributed by atoms with Gasteiger partial charge in [0.15, 0.2) is 0 Å². The molecule has 4 heterocycles. The minimum absolute atomic E-state index is 0.0986. The lowest BCUT2D eigenvalue weighted by Crippen LogP contribution is -2.19. The van der Waals surface area contributed by atoms with E-state index in [1.165, 1.54) is 44.5 Å². The standard InChI is InChI=1S/C100H98N8/c1-17-71-75-29-21-25-33-83(75)101-59-91(71)105(67-45-37-63(38-46-67)97(5,6)7)87-57-88(106(68-47-39-64(40-48-68)98(8,9)10)92-60-102-84-34-26-22-30-76(84)72(92)18-2)80-55-56-82-90(108(70-51-43-66(44-52-70)100(14,15)16)94-62-104-86-36-28-24-32-78(86)74(94)20-4)58-89(81-54-53-79(87)95(80)96(81)82)107(69-49-41-65(42-50-69)99(11,12)13)93-61-103-85-35-27-23-31-77(85)73(93)19-3/h21-62H,17-20H2,1-16H3. The third kappa shape index (κ3) is 12.4. The molecule has 0 saturated heterocycles. The molecule has 0 aliphatic rings. The number of fused-ring (bicyclic) bond motifs is 4. The van der Waals surface area contributed by atoms with E-state index in [0.29, 0.717) is 0 Å². The van der Waals surface area contributed by atoms with Gasteiger partial charge in [0, 0.05) is 76.6 Å². The number of nitrogens with zero attached hydrogens (tertiary/aromatic N) is 8. The summed E-state index contributed by atoms with van der Waals surface area (Å²) in [4.78, 5) is 31.8. The van der Waals surface area contributed by atoms with Crippen LogP contribution in [0.4, 0.5) is 68.2 Å². The van der Waals surface area contributed by atoms with Gasteiger partial charge in [-0.05, 0) is 177 Å². The molecular formula is C100H98N8. The summed E-state index contributed by atoms with van der Waals surface area (Å²) in [5.74, 6) is 0. The van der Waals surface area contributed by atoms with Gasteiger partial charge in [-0.2, -0.15) is 0 Å². The van der Waals surface area contributed by atoms with Gasteiger partial charge in [0.2, 0.25) is 0 Å². The quantitative estimate of drug-likeness (QED) is 0.0887. The molecule has 0 spiro atoms. The summed E-state index contributed by atoms with van der Waals surface area (Å²) in [7, 11) is 0. The van der Waals surface area contributed by atoms with E-state index in [1.54, 1.807) is 0 Å². The van der Waals surface area contributed by atoms with E-state index in [-0.39, 0.29) is 21.7 Å². The van der Waals surface area contributed by atoms with Crippen molar-refractivity contribution in [3.8, 4) is 0 Å². The highest BCUT2D eigenvalue weighted by molar-refractivity contribution is 6.33. The summed E-state index contributed by atoms with van der Waals surface area (Å²) in [5.41, 5.74) is 25.6. The van der Waals surface area contributed by atoms with Gasteiger partial charge >= 0.3 is 0 Å². The molecule has 4 aromatic heterocycles. The highest BCUT2D eigenvalue weighted by Gasteiger charge is 2.34. The number of hydrogen-bond acceptors (Lipinski definition) is 8. The van der Waals surface area contributed by atoms with E-state index in [9.17, 15) is 0 Å². The van der Waals surface area contributed by atoms with Crippen LogP contribution in [0.15, 0.2) is 255 Å². The zero-order chi connectivity index (χ0) is 75.3. The largest absolute Gasteiger partial charge is 0.308 e. The van der Waals surface area contributed by atoms with Gasteiger partial charge < -0.3 is 19.6 Å². The maximum Gasteiger partial charge on any atom is 0.0706 e. The van der Waals surface area contributed by atoms with Crippen molar-refractivity contribution in [2.45, 2.75) is 158 Å². The van der Waals surface area contributed by atoms with Crippen LogP contribution >= 0.6 is 0 Å². The van der Waals surface area contributed by atoms with Crippen LogP contribution in [0.1, 0.15) is 155 Å². The Labute approximate surface area is 637 Å². The molecule has 0 aliphatic carbocycles. The number of hydrogen-bond donors (Lipinski definition) is 0. The Balaban J connectivity index is 1.14. The van der Waals surface area contributed by atoms with E-state index < -0.39 is 0 Å². The van der Waals surface area contributed by atoms with Crippen LogP contribution < -0.4 is 19.6 Å². The number of aromatic nitrogens is 4. The topological polar surface area (TPSA) is 64.5 Å². The smallest absolute Gasteiger partial charge is 0.0706 e. The second-order valence-electron chi connectivity index (χ2n) is 33.4. The Kier molecular flexibility index (Phi) is 18.0. The molecule has 0 aliphatic heterocycles. The monoisotopic (exact) mass is 1410 g/mol. The third-order valence-electron chi connectivity index (χ3n) is 22.6. The van der Waals surface area contributed by atoms with Crippen molar-refractivity contribution >= 4 is 144 Å². The Bertz CT molecular complexity index is 5350. The second kappa shape index (κ2) is 27.4. The number of pyridine rings is 4. The lowest BCUT2D eigenvalue weighted by molar-refractivity contribution is 0.590. The first kappa shape index (κ1) is 70.8. The third-order valence-corrected chi connectivity index (χ3v) is 22.6. The zero-order valence-corrected chi connectivity index (χ0v) is 65.7. The Morgan fingerprint density at radius 2 is 0.417 bits per heavy atom. The van der Waals surface area contributed by atoms with Crippen LogP contribution in [-0.2, 0) is 47.3 Å². The van der Waals surface area contributed by atoms with Crippen molar-refractivity contribution in [1.29, 1.82) is 0 Å². The second-order valence-corrected chi connectivity index (χ2v) is 33.4. The van der Waals surface area contributed by atoms with Gasteiger partial charge in [-0.25, -0.2) is 0 Å². The summed E-state index contributed by atoms with van der Waals surface area (Å²) in [6.07, 6.45) is 11.6. The SMILES string of the molecule is CCc1c(N(c2ccc(C(C)(C)C)cc2)c2cc(N(c3ccc(C(C)(C)C)cc3)c3cnc4ccccc4c3CC)c3ccc4c(N(c5ccc(C(C)(C)C)cc5)c5cnc6ccccc6c5CC)cc(N(c5ccc(C(C)(C)C)cc5)c5cnc6ccccc6c5CC)c5ccc2c3c54)cnc2ccccc12. The van der Waals surface area contributed by atoms with Crippen molar-refractivity contribution in [2.24, 2.45) is 0 Å². The molecule has 538 valence electrons. The van der Waals surface area contributed by atoms with Crippen LogP contribution in [0.25, 0.3) is 75.9 Å². The van der Waals surface area contributed by atoms with Crippen LogP contribution in [0.5, 0.6) is 0 Å². The molecule has 0 bridgehead atoms. The summed E-state index contributed by atoms with van der Waals surface area (Å²) in [6.45, 7) is 36.8. The Morgan fingerprint density at radius 3 is 0.602 bits per heavy atom. The van der Waals surface area contributed by atoms with Gasteiger partial charge in [0.1, 0.15) is 0 Å². The first-order valence-electron chi connectivity index (χ1n) is 38.8. The molecule has 8 heteroatoms.